The van der Waals surface area contributed by atoms with Crippen LogP contribution >= 0.6 is 23.2 Å². The molecule has 0 spiro atoms. The first-order valence-electron chi connectivity index (χ1n) is 12.7. The van der Waals surface area contributed by atoms with Crippen molar-refractivity contribution in [2.45, 2.75) is 50.2 Å². The molecule has 3 amide bonds. The molecule has 40 heavy (non-hydrogen) atoms. The number of hydrogen-bond acceptors (Lipinski definition) is 5. The third kappa shape index (κ3) is 6.49. The molecule has 0 bridgehead atoms. The fraction of sp³-hybridized carbons (Fsp3) is 0.276. The molecule has 1 aliphatic heterocycles. The topological polar surface area (TPSA) is 104 Å². The summed E-state index contributed by atoms with van der Waals surface area (Å²) in [6, 6.07) is 18.9. The lowest BCUT2D eigenvalue weighted by molar-refractivity contribution is -0.141. The number of benzene rings is 3. The summed E-state index contributed by atoms with van der Waals surface area (Å²) >= 11 is 12.5. The van der Waals surface area contributed by atoms with Crippen molar-refractivity contribution in [2.24, 2.45) is 0 Å². The maximum Gasteiger partial charge on any atom is 0.269 e. The van der Waals surface area contributed by atoms with Crippen LogP contribution in [0.2, 0.25) is 10.0 Å². The number of nitrogens with zero attached hydrogens (tertiary/aromatic N) is 2. The van der Waals surface area contributed by atoms with Crippen LogP contribution in [0.5, 0.6) is 0 Å². The third-order valence-corrected chi connectivity index (χ3v) is 8.93. The molecule has 1 N–H and O–H groups in total. The summed E-state index contributed by atoms with van der Waals surface area (Å²) in [4.78, 5) is 41.5. The fourth-order valence-corrected chi connectivity index (χ4v) is 6.60. The summed E-state index contributed by atoms with van der Waals surface area (Å²) in [5.74, 6) is -1.56. The van der Waals surface area contributed by atoms with Crippen LogP contribution < -0.4 is 5.32 Å². The summed E-state index contributed by atoms with van der Waals surface area (Å²) in [7, 11) is -4.09. The Balaban J connectivity index is 1.66. The Morgan fingerprint density at radius 1 is 0.975 bits per heavy atom. The van der Waals surface area contributed by atoms with E-state index in [1.807, 2.05) is 44.2 Å². The predicted molar refractivity (Wildman–Crippen MR) is 154 cm³/mol. The Bertz CT molecular complexity index is 1530. The van der Waals surface area contributed by atoms with Gasteiger partial charge >= 0.3 is 0 Å². The molecule has 0 aromatic heterocycles. The lowest BCUT2D eigenvalue weighted by Gasteiger charge is -2.32. The Morgan fingerprint density at radius 3 is 2.30 bits per heavy atom. The van der Waals surface area contributed by atoms with Gasteiger partial charge in [-0.2, -0.15) is 0 Å². The number of fused-ring (bicyclic) bond motifs is 1. The molecular weight excluding hydrogens is 573 g/mol. The summed E-state index contributed by atoms with van der Waals surface area (Å²) in [5, 5.41) is 3.63. The van der Waals surface area contributed by atoms with E-state index in [1.165, 1.54) is 23.1 Å². The van der Waals surface area contributed by atoms with Gasteiger partial charge in [0.05, 0.1) is 5.56 Å². The van der Waals surface area contributed by atoms with Crippen LogP contribution in [0.25, 0.3) is 0 Å². The highest BCUT2D eigenvalue weighted by Gasteiger charge is 2.41. The molecule has 1 aliphatic rings. The molecule has 3 aromatic carbocycles. The molecule has 210 valence electrons. The van der Waals surface area contributed by atoms with Crippen molar-refractivity contribution in [2.75, 3.05) is 6.54 Å². The molecular formula is C29H29Cl2N3O5S. The predicted octanol–water partition coefficient (Wildman–Crippen LogP) is 4.69. The summed E-state index contributed by atoms with van der Waals surface area (Å²) in [5.41, 5.74) is 1.46. The molecule has 8 nitrogen and oxygen atoms in total. The minimum Gasteiger partial charge on any atom is -0.352 e. The second-order valence-corrected chi connectivity index (χ2v) is 12.4. The number of nitrogens with one attached hydrogen (secondary N) is 1. The minimum atomic E-state index is -4.09. The van der Waals surface area contributed by atoms with E-state index in [4.69, 9.17) is 23.2 Å². The van der Waals surface area contributed by atoms with Crippen LogP contribution in [0.15, 0.2) is 77.7 Å². The average Bonchev–Trinajstić information content (AvgIpc) is 3.10. The van der Waals surface area contributed by atoms with E-state index in [0.29, 0.717) is 19.9 Å². The van der Waals surface area contributed by atoms with Gasteiger partial charge in [0, 0.05) is 42.0 Å². The van der Waals surface area contributed by atoms with Gasteiger partial charge in [-0.05, 0) is 49.2 Å². The summed E-state index contributed by atoms with van der Waals surface area (Å²) in [6.07, 6.45) is -0.118. The van der Waals surface area contributed by atoms with Gasteiger partial charge in [0.15, 0.2) is 0 Å². The van der Waals surface area contributed by atoms with Crippen molar-refractivity contribution >= 4 is 50.9 Å². The van der Waals surface area contributed by atoms with Crippen molar-refractivity contribution in [1.82, 2.24) is 14.5 Å². The second-order valence-electron chi connectivity index (χ2n) is 9.75. The van der Waals surface area contributed by atoms with E-state index in [0.717, 1.165) is 5.56 Å². The van der Waals surface area contributed by atoms with Crippen molar-refractivity contribution in [1.29, 1.82) is 0 Å². The number of halogens is 2. The molecule has 3 aromatic rings. The van der Waals surface area contributed by atoms with E-state index in [1.54, 1.807) is 24.3 Å². The maximum atomic E-state index is 13.8. The Morgan fingerprint density at radius 2 is 1.65 bits per heavy atom. The van der Waals surface area contributed by atoms with Crippen LogP contribution in [0.1, 0.15) is 41.8 Å². The van der Waals surface area contributed by atoms with Gasteiger partial charge in [-0.25, -0.2) is 12.7 Å². The zero-order valence-corrected chi connectivity index (χ0v) is 24.3. The third-order valence-electron chi connectivity index (χ3n) is 6.50. The number of carbonyl (C=O) groups is 3. The van der Waals surface area contributed by atoms with E-state index < -0.39 is 27.9 Å². The first-order valence-corrected chi connectivity index (χ1v) is 14.9. The summed E-state index contributed by atoms with van der Waals surface area (Å²) < 4.78 is 26.8. The normalized spacial score (nSPS) is 14.6. The zero-order valence-electron chi connectivity index (χ0n) is 22.0. The van der Waals surface area contributed by atoms with Gasteiger partial charge in [-0.3, -0.25) is 14.4 Å². The van der Waals surface area contributed by atoms with Gasteiger partial charge in [-0.1, -0.05) is 71.7 Å². The van der Waals surface area contributed by atoms with Crippen LogP contribution in [-0.2, 0) is 32.6 Å². The smallest absolute Gasteiger partial charge is 0.269 e. The highest BCUT2D eigenvalue weighted by atomic mass is 35.5. The molecule has 0 aliphatic carbocycles. The Hall–Kier alpha value is -3.40. The van der Waals surface area contributed by atoms with Crippen LogP contribution in [0.3, 0.4) is 0 Å². The van der Waals surface area contributed by atoms with Crippen LogP contribution in [-0.4, -0.2) is 54.0 Å². The second kappa shape index (κ2) is 12.4. The first kappa shape index (κ1) is 29.6. The maximum absolute atomic E-state index is 13.8. The molecule has 0 saturated carbocycles. The minimum absolute atomic E-state index is 0.0290. The summed E-state index contributed by atoms with van der Waals surface area (Å²) in [6.45, 7) is 3.24. The average molecular weight is 603 g/mol. The number of hydrogen-bond donors (Lipinski definition) is 1. The fourth-order valence-electron chi connectivity index (χ4n) is 4.56. The van der Waals surface area contributed by atoms with Gasteiger partial charge < -0.3 is 10.2 Å². The molecule has 0 fully saturated rings. The molecule has 4 rings (SSSR count). The lowest BCUT2D eigenvalue weighted by atomic mass is 10.0. The van der Waals surface area contributed by atoms with Crippen LogP contribution in [0, 0.1) is 0 Å². The zero-order chi connectivity index (χ0) is 29.0. The lowest BCUT2D eigenvalue weighted by Crippen LogP contribution is -2.52. The highest BCUT2D eigenvalue weighted by Crippen LogP contribution is 2.30. The van der Waals surface area contributed by atoms with Crippen molar-refractivity contribution < 1.29 is 22.8 Å². The molecule has 0 saturated heterocycles. The van der Waals surface area contributed by atoms with Crippen molar-refractivity contribution in [3.05, 3.63) is 99.5 Å². The highest BCUT2D eigenvalue weighted by molar-refractivity contribution is 7.90. The molecule has 1 unspecified atom stereocenters. The van der Waals surface area contributed by atoms with Crippen molar-refractivity contribution in [3.8, 4) is 0 Å². The first-order chi connectivity index (χ1) is 19.0. The van der Waals surface area contributed by atoms with Gasteiger partial charge in [0.25, 0.3) is 15.9 Å². The van der Waals surface area contributed by atoms with E-state index in [-0.39, 0.29) is 48.3 Å². The van der Waals surface area contributed by atoms with Crippen molar-refractivity contribution in [3.63, 3.8) is 0 Å². The number of amides is 3. The monoisotopic (exact) mass is 601 g/mol. The Labute approximate surface area is 243 Å². The van der Waals surface area contributed by atoms with Crippen LogP contribution in [0.4, 0.5) is 0 Å². The SMILES string of the molecule is CC(C)NC(=O)C(Cc1ccccc1)N(Cc1ccc(Cl)cc1Cl)C(=O)CCN1C(=O)c2ccccc2S1(=O)=O. The largest absolute Gasteiger partial charge is 0.352 e. The number of carbonyl (C=O) groups excluding carboxylic acids is 3. The standard InChI is InChI=1S/C29H29Cl2N3O5S/c1-19(2)32-28(36)25(16-20-8-4-3-5-9-20)33(18-21-12-13-22(30)17-24(21)31)27(35)14-15-34-29(37)23-10-6-7-11-26(23)40(34,38)39/h3-13,17,19,25H,14-16,18H2,1-2H3,(H,32,36). The van der Waals surface area contributed by atoms with E-state index in [9.17, 15) is 22.8 Å². The quantitative estimate of drug-likeness (QED) is 0.363. The molecule has 1 atom stereocenters. The number of sulfonamides is 1. The molecule has 11 heteroatoms. The Kier molecular flexibility index (Phi) is 9.18. The van der Waals surface area contributed by atoms with Gasteiger partial charge in [0.2, 0.25) is 11.8 Å². The van der Waals surface area contributed by atoms with Gasteiger partial charge in [0.1, 0.15) is 10.9 Å². The van der Waals surface area contributed by atoms with E-state index in [2.05, 4.69) is 5.32 Å². The molecule has 0 radical (unpaired) electrons. The van der Waals surface area contributed by atoms with Gasteiger partial charge in [-0.15, -0.1) is 0 Å². The molecule has 1 heterocycles. The number of rotatable bonds is 10. The van der Waals surface area contributed by atoms with E-state index >= 15 is 0 Å².